The maximum atomic E-state index is 13.0. The van der Waals surface area contributed by atoms with Crippen LogP contribution in [0.5, 0.6) is 0 Å². The van der Waals surface area contributed by atoms with Crippen LogP contribution in [0.15, 0.2) is 41.3 Å². The molecule has 30 heavy (non-hydrogen) atoms. The van der Waals surface area contributed by atoms with Gasteiger partial charge in [-0.05, 0) is 25.5 Å². The third kappa shape index (κ3) is 7.82. The van der Waals surface area contributed by atoms with Crippen LogP contribution in [0.1, 0.15) is 89.5 Å². The van der Waals surface area contributed by atoms with E-state index in [2.05, 4.69) is 6.92 Å². The Bertz CT molecular complexity index is 727. The molecule has 4 nitrogen and oxygen atoms in total. The molecule has 3 atom stereocenters. The zero-order valence-corrected chi connectivity index (χ0v) is 19.7. The number of aliphatic hydroxyl groups excluding tert-OH is 1. The molecule has 0 radical (unpaired) electrons. The van der Waals surface area contributed by atoms with Crippen LogP contribution in [-0.4, -0.2) is 36.5 Å². The van der Waals surface area contributed by atoms with Gasteiger partial charge in [0, 0.05) is 6.04 Å². The summed E-state index contributed by atoms with van der Waals surface area (Å²) in [7, 11) is -3.48. The summed E-state index contributed by atoms with van der Waals surface area (Å²) in [6, 6.07) is 6.97. The van der Waals surface area contributed by atoms with Gasteiger partial charge in [-0.1, -0.05) is 107 Å². The largest absolute Gasteiger partial charge is 0.392 e. The minimum absolute atomic E-state index is 0.0256. The normalized spacial score (nSPS) is 21.4. The van der Waals surface area contributed by atoms with E-state index in [1.807, 2.05) is 25.1 Å². The van der Waals surface area contributed by atoms with Gasteiger partial charge in [-0.15, -0.1) is 0 Å². The van der Waals surface area contributed by atoms with Crippen molar-refractivity contribution in [1.82, 2.24) is 4.31 Å². The van der Waals surface area contributed by atoms with Gasteiger partial charge in [0.15, 0.2) is 0 Å². The SMILES string of the molecule is CCCCCCCCCCCCC[C@H]1[C@H](/C=C/CO)N1S(=O)(=O)c1ccc(C)cc1. The number of rotatable bonds is 16. The lowest BCUT2D eigenvalue weighted by Gasteiger charge is -2.07. The quantitative estimate of drug-likeness (QED) is 0.197. The highest BCUT2D eigenvalue weighted by Gasteiger charge is 2.53. The molecule has 0 aromatic heterocycles. The molecule has 1 saturated heterocycles. The van der Waals surface area contributed by atoms with Crippen LogP contribution in [-0.2, 0) is 10.0 Å². The minimum atomic E-state index is -3.48. The predicted octanol–water partition coefficient (Wildman–Crippen LogP) is 5.99. The van der Waals surface area contributed by atoms with Crippen LogP contribution >= 0.6 is 0 Å². The van der Waals surface area contributed by atoms with E-state index < -0.39 is 10.0 Å². The molecule has 0 bridgehead atoms. The highest BCUT2D eigenvalue weighted by atomic mass is 32.2. The van der Waals surface area contributed by atoms with E-state index >= 15 is 0 Å². The van der Waals surface area contributed by atoms with Crippen molar-refractivity contribution in [1.29, 1.82) is 0 Å². The van der Waals surface area contributed by atoms with Gasteiger partial charge in [-0.25, -0.2) is 8.42 Å². The third-order valence-electron chi connectivity index (χ3n) is 6.06. The molecular formula is C25H41NO3S. The topological polar surface area (TPSA) is 57.4 Å². The number of unbranched alkanes of at least 4 members (excludes halogenated alkanes) is 10. The van der Waals surface area contributed by atoms with Crippen LogP contribution in [0.25, 0.3) is 0 Å². The molecule has 0 aliphatic carbocycles. The molecule has 0 saturated carbocycles. The molecule has 1 aromatic rings. The Kier molecular flexibility index (Phi) is 11.1. The summed E-state index contributed by atoms with van der Waals surface area (Å²) < 4.78 is 27.7. The standard InChI is InChI=1S/C25H41NO3S/c1-3-4-5-6-7-8-9-10-11-12-13-15-24-25(16-14-21-27)26(24)30(28,29)23-19-17-22(2)18-20-23/h14,16-20,24-25,27H,3-13,15,21H2,1-2H3/b16-14+/t24-,25-,26?/m0/s1. The second-order valence-corrected chi connectivity index (χ2v) is 10.5. The Labute approximate surface area is 184 Å². The monoisotopic (exact) mass is 435 g/mol. The number of sulfonamides is 1. The number of aliphatic hydroxyl groups is 1. The van der Waals surface area contributed by atoms with E-state index in [4.69, 9.17) is 5.11 Å². The summed E-state index contributed by atoms with van der Waals surface area (Å²) >= 11 is 0. The zero-order chi connectivity index (χ0) is 21.8. The van der Waals surface area contributed by atoms with E-state index in [9.17, 15) is 8.42 Å². The van der Waals surface area contributed by atoms with Crippen molar-refractivity contribution in [2.45, 2.75) is 108 Å². The molecule has 0 amide bonds. The maximum Gasteiger partial charge on any atom is 0.243 e. The molecule has 0 spiro atoms. The Morgan fingerprint density at radius 1 is 0.900 bits per heavy atom. The molecule has 1 fully saturated rings. The summed E-state index contributed by atoms with van der Waals surface area (Å²) in [6.45, 7) is 4.15. The number of nitrogens with zero attached hydrogens (tertiary/aromatic N) is 1. The summed E-state index contributed by atoms with van der Waals surface area (Å²) in [5.41, 5.74) is 1.05. The molecule has 1 N–H and O–H groups in total. The summed E-state index contributed by atoms with van der Waals surface area (Å²) in [4.78, 5) is 0.358. The van der Waals surface area contributed by atoms with Crippen molar-refractivity contribution in [2.24, 2.45) is 0 Å². The van der Waals surface area contributed by atoms with Gasteiger partial charge in [0.05, 0.1) is 17.5 Å². The first-order valence-electron chi connectivity index (χ1n) is 11.9. The van der Waals surface area contributed by atoms with Gasteiger partial charge in [0.2, 0.25) is 10.0 Å². The first-order valence-corrected chi connectivity index (χ1v) is 13.3. The number of aryl methyl sites for hydroxylation is 1. The van der Waals surface area contributed by atoms with Gasteiger partial charge in [0.25, 0.3) is 0 Å². The molecule has 1 aliphatic heterocycles. The lowest BCUT2D eigenvalue weighted by molar-refractivity contribution is 0.342. The molecular weight excluding hydrogens is 394 g/mol. The Hall–Kier alpha value is -1.17. The summed E-state index contributed by atoms with van der Waals surface area (Å²) in [6.07, 6.45) is 18.6. The van der Waals surface area contributed by atoms with Crippen LogP contribution in [0.4, 0.5) is 0 Å². The summed E-state index contributed by atoms with van der Waals surface area (Å²) in [5.74, 6) is 0. The Balaban J connectivity index is 1.72. The fourth-order valence-corrected chi connectivity index (χ4v) is 5.96. The molecule has 1 unspecified atom stereocenters. The lowest BCUT2D eigenvalue weighted by Crippen LogP contribution is -2.15. The first kappa shape index (κ1) is 25.1. The van der Waals surface area contributed by atoms with Crippen LogP contribution in [0.3, 0.4) is 0 Å². The molecule has 1 heterocycles. The average molecular weight is 436 g/mol. The molecule has 2 rings (SSSR count). The van der Waals surface area contributed by atoms with Gasteiger partial charge in [-0.2, -0.15) is 4.31 Å². The van der Waals surface area contributed by atoms with Crippen LogP contribution in [0, 0.1) is 6.92 Å². The van der Waals surface area contributed by atoms with Crippen molar-refractivity contribution in [3.8, 4) is 0 Å². The second kappa shape index (κ2) is 13.3. The van der Waals surface area contributed by atoms with Gasteiger partial charge < -0.3 is 5.11 Å². The number of hydrogen-bond acceptors (Lipinski definition) is 3. The van der Waals surface area contributed by atoms with E-state index in [1.54, 1.807) is 22.5 Å². The fourth-order valence-electron chi connectivity index (χ4n) is 4.18. The smallest absolute Gasteiger partial charge is 0.243 e. The lowest BCUT2D eigenvalue weighted by atomic mass is 10.0. The van der Waals surface area contributed by atoms with E-state index in [-0.39, 0.29) is 18.7 Å². The highest BCUT2D eigenvalue weighted by molar-refractivity contribution is 7.89. The van der Waals surface area contributed by atoms with Crippen molar-refractivity contribution in [3.05, 3.63) is 42.0 Å². The second-order valence-electron chi connectivity index (χ2n) is 8.64. The third-order valence-corrected chi connectivity index (χ3v) is 8.00. The number of hydrogen-bond donors (Lipinski definition) is 1. The van der Waals surface area contributed by atoms with Crippen molar-refractivity contribution < 1.29 is 13.5 Å². The van der Waals surface area contributed by atoms with Gasteiger partial charge in [0.1, 0.15) is 0 Å². The van der Waals surface area contributed by atoms with Crippen molar-refractivity contribution in [3.63, 3.8) is 0 Å². The van der Waals surface area contributed by atoms with E-state index in [0.717, 1.165) is 18.4 Å². The molecule has 5 heteroatoms. The highest BCUT2D eigenvalue weighted by Crippen LogP contribution is 2.39. The van der Waals surface area contributed by atoms with E-state index in [1.165, 1.54) is 64.2 Å². The predicted molar refractivity (Wildman–Crippen MR) is 125 cm³/mol. The first-order chi connectivity index (χ1) is 14.5. The van der Waals surface area contributed by atoms with Gasteiger partial charge in [-0.3, -0.25) is 0 Å². The minimum Gasteiger partial charge on any atom is -0.392 e. The Morgan fingerprint density at radius 3 is 1.97 bits per heavy atom. The van der Waals surface area contributed by atoms with E-state index in [0.29, 0.717) is 4.90 Å². The van der Waals surface area contributed by atoms with Gasteiger partial charge >= 0.3 is 0 Å². The number of benzene rings is 1. The average Bonchev–Trinajstić information content (AvgIpc) is 3.44. The molecule has 1 aromatic carbocycles. The van der Waals surface area contributed by atoms with Crippen LogP contribution in [0.2, 0.25) is 0 Å². The van der Waals surface area contributed by atoms with Crippen molar-refractivity contribution >= 4 is 10.0 Å². The zero-order valence-electron chi connectivity index (χ0n) is 18.9. The maximum absolute atomic E-state index is 13.0. The molecule has 1 aliphatic rings. The molecule has 170 valence electrons. The fraction of sp³-hybridized carbons (Fsp3) is 0.680. The van der Waals surface area contributed by atoms with Crippen molar-refractivity contribution in [2.75, 3.05) is 6.61 Å². The summed E-state index contributed by atoms with van der Waals surface area (Å²) in [5, 5.41) is 9.09. The Morgan fingerprint density at radius 2 is 1.43 bits per heavy atom. The van der Waals surface area contributed by atoms with Crippen LogP contribution < -0.4 is 0 Å².